The largest absolute Gasteiger partial charge is 0.423 e. The van der Waals surface area contributed by atoms with Gasteiger partial charge >= 0.3 is 17.9 Å². The van der Waals surface area contributed by atoms with E-state index < -0.39 is 17.9 Å². The minimum Gasteiger partial charge on any atom is -0.423 e. The summed E-state index contributed by atoms with van der Waals surface area (Å²) in [5, 5.41) is 0. The van der Waals surface area contributed by atoms with Crippen LogP contribution in [0.4, 0.5) is 0 Å². The number of carbonyl (C=O) groups is 3. The summed E-state index contributed by atoms with van der Waals surface area (Å²) in [7, 11) is 0. The predicted octanol–water partition coefficient (Wildman–Crippen LogP) is 4.22. The van der Waals surface area contributed by atoms with E-state index in [1.54, 1.807) is 6.07 Å². The second kappa shape index (κ2) is 9.84. The second-order valence-electron chi connectivity index (χ2n) is 7.03. The number of hydrogen-bond donors (Lipinski definition) is 0. The van der Waals surface area contributed by atoms with Crippen molar-refractivity contribution < 1.29 is 28.6 Å². The molecule has 1 aliphatic rings. The lowest BCUT2D eigenvalue weighted by molar-refractivity contribution is -0.134. The van der Waals surface area contributed by atoms with E-state index in [9.17, 15) is 14.4 Å². The van der Waals surface area contributed by atoms with Crippen LogP contribution in [0.25, 0.3) is 6.08 Å². The van der Waals surface area contributed by atoms with Gasteiger partial charge in [-0.1, -0.05) is 31.5 Å². The lowest BCUT2D eigenvalue weighted by Crippen LogP contribution is -2.07. The lowest BCUT2D eigenvalue weighted by atomic mass is 10.1. The minimum absolute atomic E-state index is 0.0651. The highest BCUT2D eigenvalue weighted by molar-refractivity contribution is 6.12. The number of esters is 3. The molecule has 0 aliphatic carbocycles. The summed E-state index contributed by atoms with van der Waals surface area (Å²) in [5.74, 6) is -1.30. The van der Waals surface area contributed by atoms with Gasteiger partial charge in [-0.25, -0.2) is 9.79 Å². The Morgan fingerprint density at radius 3 is 2.32 bits per heavy atom. The van der Waals surface area contributed by atoms with E-state index in [0.717, 1.165) is 19.3 Å². The van der Waals surface area contributed by atoms with Crippen LogP contribution < -0.4 is 9.47 Å². The summed E-state index contributed by atoms with van der Waals surface area (Å²) in [5.41, 5.74) is 2.57. The fraction of sp³-hybridized carbons (Fsp3) is 0.250. The molecule has 0 saturated heterocycles. The minimum atomic E-state index is -0.580. The average molecular weight is 421 g/mol. The third-order valence-corrected chi connectivity index (χ3v) is 4.42. The molecular weight excluding hydrogens is 398 g/mol. The molecule has 0 amide bonds. The third-order valence-electron chi connectivity index (χ3n) is 4.42. The number of aliphatic imine (C=N–C) groups is 1. The van der Waals surface area contributed by atoms with E-state index in [1.807, 2.05) is 24.3 Å². The van der Waals surface area contributed by atoms with E-state index in [1.165, 1.54) is 37.6 Å². The highest BCUT2D eigenvalue weighted by Crippen LogP contribution is 2.30. The van der Waals surface area contributed by atoms with Crippen LogP contribution in [0.3, 0.4) is 0 Å². The van der Waals surface area contributed by atoms with Gasteiger partial charge in [0.25, 0.3) is 0 Å². The topological polar surface area (TPSA) is 91.3 Å². The highest BCUT2D eigenvalue weighted by atomic mass is 16.6. The van der Waals surface area contributed by atoms with Gasteiger partial charge in [-0.05, 0) is 54.3 Å². The summed E-state index contributed by atoms with van der Waals surface area (Å²) >= 11 is 0. The van der Waals surface area contributed by atoms with Gasteiger partial charge in [-0.3, -0.25) is 9.59 Å². The van der Waals surface area contributed by atoms with Crippen molar-refractivity contribution in [3.05, 3.63) is 64.9 Å². The monoisotopic (exact) mass is 421 g/mol. The van der Waals surface area contributed by atoms with Crippen LogP contribution in [0, 0.1) is 0 Å². The Morgan fingerprint density at radius 2 is 1.68 bits per heavy atom. The van der Waals surface area contributed by atoms with Gasteiger partial charge in [0.05, 0.1) is 0 Å². The van der Waals surface area contributed by atoms with Crippen molar-refractivity contribution in [3.8, 4) is 11.5 Å². The summed E-state index contributed by atoms with van der Waals surface area (Å²) in [6.07, 6.45) is 4.76. The lowest BCUT2D eigenvalue weighted by Gasteiger charge is -2.09. The first-order valence-corrected chi connectivity index (χ1v) is 9.98. The van der Waals surface area contributed by atoms with Crippen molar-refractivity contribution in [1.29, 1.82) is 0 Å². The maximum Gasteiger partial charge on any atom is 0.363 e. The quantitative estimate of drug-likeness (QED) is 0.378. The van der Waals surface area contributed by atoms with Gasteiger partial charge in [-0.15, -0.1) is 0 Å². The predicted molar refractivity (Wildman–Crippen MR) is 115 cm³/mol. The number of aryl methyl sites for hydroxylation is 1. The first-order valence-electron chi connectivity index (χ1n) is 9.98. The van der Waals surface area contributed by atoms with Gasteiger partial charge < -0.3 is 14.2 Å². The summed E-state index contributed by atoms with van der Waals surface area (Å²) in [4.78, 5) is 39.2. The van der Waals surface area contributed by atoms with Crippen LogP contribution in [0.15, 0.2) is 53.2 Å². The molecule has 0 aromatic heterocycles. The summed E-state index contributed by atoms with van der Waals surface area (Å²) in [6.45, 7) is 4.63. The van der Waals surface area contributed by atoms with Gasteiger partial charge in [0, 0.05) is 19.4 Å². The molecule has 160 valence electrons. The number of ether oxygens (including phenoxy) is 3. The fourth-order valence-electron chi connectivity index (χ4n) is 2.97. The standard InChI is InChI=1S/C24H23NO6/c1-4-5-6-17-7-10-19(11-8-17)23-25-20(24(28)31-23)13-18-9-12-21(29-15(2)26)22(14-18)30-16(3)27/h7-14H,4-6H2,1-3H3/b20-13-. The van der Waals surface area contributed by atoms with Crippen LogP contribution in [0.1, 0.15) is 50.3 Å². The molecule has 0 saturated carbocycles. The molecule has 7 nitrogen and oxygen atoms in total. The summed E-state index contributed by atoms with van der Waals surface area (Å²) in [6, 6.07) is 12.3. The molecule has 2 aromatic carbocycles. The number of hydrogen-bond acceptors (Lipinski definition) is 7. The number of rotatable bonds is 7. The van der Waals surface area contributed by atoms with E-state index in [2.05, 4.69) is 11.9 Å². The maximum atomic E-state index is 12.3. The molecule has 1 aliphatic heterocycles. The normalized spacial score (nSPS) is 14.2. The Labute approximate surface area is 180 Å². The Morgan fingerprint density at radius 1 is 1.00 bits per heavy atom. The SMILES string of the molecule is CCCCc1ccc(C2=N/C(=C\c3ccc(OC(C)=O)c(OC(C)=O)c3)C(=O)O2)cc1. The van der Waals surface area contributed by atoms with Crippen molar-refractivity contribution in [2.45, 2.75) is 40.0 Å². The zero-order chi connectivity index (χ0) is 22.4. The van der Waals surface area contributed by atoms with Crippen LogP contribution in [-0.2, 0) is 25.5 Å². The van der Waals surface area contributed by atoms with E-state index in [4.69, 9.17) is 14.2 Å². The average Bonchev–Trinajstić information content (AvgIpc) is 3.08. The van der Waals surface area contributed by atoms with Gasteiger partial charge in [-0.2, -0.15) is 0 Å². The van der Waals surface area contributed by atoms with Gasteiger partial charge in [0.15, 0.2) is 17.2 Å². The molecule has 3 rings (SSSR count). The third kappa shape index (κ3) is 5.88. The van der Waals surface area contributed by atoms with Crippen molar-refractivity contribution in [1.82, 2.24) is 0 Å². The van der Waals surface area contributed by atoms with Crippen LogP contribution >= 0.6 is 0 Å². The van der Waals surface area contributed by atoms with E-state index in [-0.39, 0.29) is 23.1 Å². The molecule has 0 unspecified atom stereocenters. The molecular formula is C24H23NO6. The zero-order valence-corrected chi connectivity index (χ0v) is 17.6. The van der Waals surface area contributed by atoms with Crippen molar-refractivity contribution in [3.63, 3.8) is 0 Å². The molecule has 0 atom stereocenters. The Hall–Kier alpha value is -3.74. The van der Waals surface area contributed by atoms with Crippen molar-refractivity contribution in [2.24, 2.45) is 4.99 Å². The Balaban J connectivity index is 1.85. The van der Waals surface area contributed by atoms with Crippen LogP contribution in [0.5, 0.6) is 11.5 Å². The van der Waals surface area contributed by atoms with Gasteiger partial charge in [0.1, 0.15) is 0 Å². The molecule has 2 aromatic rings. The van der Waals surface area contributed by atoms with Crippen LogP contribution in [0.2, 0.25) is 0 Å². The smallest absolute Gasteiger partial charge is 0.363 e. The maximum absolute atomic E-state index is 12.3. The molecule has 0 N–H and O–H groups in total. The van der Waals surface area contributed by atoms with Gasteiger partial charge in [0.2, 0.25) is 5.90 Å². The highest BCUT2D eigenvalue weighted by Gasteiger charge is 2.24. The van der Waals surface area contributed by atoms with Crippen LogP contribution in [-0.4, -0.2) is 23.8 Å². The molecule has 31 heavy (non-hydrogen) atoms. The number of nitrogens with zero attached hydrogens (tertiary/aromatic N) is 1. The number of cyclic esters (lactones) is 1. The molecule has 0 bridgehead atoms. The Kier molecular flexibility index (Phi) is 6.97. The molecule has 1 heterocycles. The number of unbranched alkanes of at least 4 members (excludes halogenated alkanes) is 1. The van der Waals surface area contributed by atoms with Crippen molar-refractivity contribution >= 4 is 29.9 Å². The first kappa shape index (κ1) is 22.0. The zero-order valence-electron chi connectivity index (χ0n) is 17.6. The number of carbonyl (C=O) groups excluding carboxylic acids is 3. The van der Waals surface area contributed by atoms with Crippen molar-refractivity contribution in [2.75, 3.05) is 0 Å². The summed E-state index contributed by atoms with van der Waals surface area (Å²) < 4.78 is 15.5. The molecule has 0 radical (unpaired) electrons. The fourth-order valence-corrected chi connectivity index (χ4v) is 2.97. The number of benzene rings is 2. The Bertz CT molecular complexity index is 1070. The molecule has 0 spiro atoms. The molecule has 0 fully saturated rings. The van der Waals surface area contributed by atoms with E-state index in [0.29, 0.717) is 11.1 Å². The first-order chi connectivity index (χ1) is 14.9. The van der Waals surface area contributed by atoms with E-state index >= 15 is 0 Å². The second-order valence-corrected chi connectivity index (χ2v) is 7.03. The molecule has 7 heteroatoms.